The van der Waals surface area contributed by atoms with Gasteiger partial charge in [-0.15, -0.1) is 0 Å². The normalized spacial score (nSPS) is 17.0. The SMILES string of the molecule is Cn1cnc(N2CCCC2c2nc3ccccc3c(=O)n2CCO)cc1=O. The fraction of sp³-hybridized carbons (Fsp3) is 0.368. The van der Waals surface area contributed by atoms with Crippen molar-refractivity contribution >= 4 is 16.7 Å². The third kappa shape index (κ3) is 3.02. The van der Waals surface area contributed by atoms with Crippen LogP contribution < -0.4 is 16.0 Å². The molecule has 1 fully saturated rings. The summed E-state index contributed by atoms with van der Waals surface area (Å²) in [5.41, 5.74) is 0.341. The minimum atomic E-state index is -0.173. The first-order valence-corrected chi connectivity index (χ1v) is 9.00. The highest BCUT2D eigenvalue weighted by atomic mass is 16.3. The van der Waals surface area contributed by atoms with Crippen LogP contribution in [0.2, 0.25) is 0 Å². The molecule has 1 aromatic carbocycles. The lowest BCUT2D eigenvalue weighted by molar-refractivity contribution is 0.270. The van der Waals surface area contributed by atoms with Crippen molar-refractivity contribution in [3.8, 4) is 0 Å². The minimum absolute atomic E-state index is 0.134. The van der Waals surface area contributed by atoms with Gasteiger partial charge >= 0.3 is 0 Å². The maximum atomic E-state index is 13.0. The molecule has 1 aliphatic heterocycles. The van der Waals surface area contributed by atoms with Crippen molar-refractivity contribution in [2.24, 2.45) is 7.05 Å². The fourth-order valence-electron chi connectivity index (χ4n) is 3.67. The van der Waals surface area contributed by atoms with Gasteiger partial charge in [0.2, 0.25) is 0 Å². The number of hydrogen-bond acceptors (Lipinski definition) is 6. The van der Waals surface area contributed by atoms with Crippen molar-refractivity contribution in [3.63, 3.8) is 0 Å². The van der Waals surface area contributed by atoms with Gasteiger partial charge in [-0.1, -0.05) is 12.1 Å². The summed E-state index contributed by atoms with van der Waals surface area (Å²) in [6.45, 7) is 0.761. The highest BCUT2D eigenvalue weighted by molar-refractivity contribution is 5.77. The topological polar surface area (TPSA) is 93.2 Å². The van der Waals surface area contributed by atoms with Gasteiger partial charge in [-0.2, -0.15) is 0 Å². The van der Waals surface area contributed by atoms with Crippen LogP contribution in [0.4, 0.5) is 5.82 Å². The molecule has 0 radical (unpaired) electrons. The van der Waals surface area contributed by atoms with E-state index in [-0.39, 0.29) is 30.3 Å². The Morgan fingerprint density at radius 2 is 2.07 bits per heavy atom. The predicted molar refractivity (Wildman–Crippen MR) is 102 cm³/mol. The largest absolute Gasteiger partial charge is 0.395 e. The van der Waals surface area contributed by atoms with Gasteiger partial charge in [-0.3, -0.25) is 14.2 Å². The van der Waals surface area contributed by atoms with Crippen LogP contribution in [0, 0.1) is 0 Å². The predicted octanol–water partition coefficient (Wildman–Crippen LogP) is 0.824. The van der Waals surface area contributed by atoms with Gasteiger partial charge in [-0.25, -0.2) is 9.97 Å². The first kappa shape index (κ1) is 17.4. The van der Waals surface area contributed by atoms with Gasteiger partial charge in [0.05, 0.1) is 36.4 Å². The van der Waals surface area contributed by atoms with Crippen LogP contribution in [0.3, 0.4) is 0 Å². The maximum Gasteiger partial charge on any atom is 0.261 e. The standard InChI is InChI=1S/C19H21N5O3/c1-22-12-20-16(11-17(22)26)23-8-4-7-15(23)18-21-14-6-3-2-5-13(14)19(27)24(18)9-10-25/h2-3,5-6,11-12,15,25H,4,7-10H2,1H3. The van der Waals surface area contributed by atoms with E-state index in [4.69, 9.17) is 4.98 Å². The van der Waals surface area contributed by atoms with Crippen molar-refractivity contribution < 1.29 is 5.11 Å². The zero-order chi connectivity index (χ0) is 19.0. The average molecular weight is 367 g/mol. The fourth-order valence-corrected chi connectivity index (χ4v) is 3.67. The number of aliphatic hydroxyl groups is 1. The number of aryl methyl sites for hydroxylation is 1. The molecule has 0 aliphatic carbocycles. The minimum Gasteiger partial charge on any atom is -0.395 e. The Kier molecular flexibility index (Phi) is 4.49. The van der Waals surface area contributed by atoms with Crippen molar-refractivity contribution in [1.29, 1.82) is 0 Å². The monoisotopic (exact) mass is 367 g/mol. The molecule has 1 unspecified atom stereocenters. The number of benzene rings is 1. The highest BCUT2D eigenvalue weighted by Gasteiger charge is 2.31. The van der Waals surface area contributed by atoms with E-state index in [0.717, 1.165) is 19.4 Å². The zero-order valence-electron chi connectivity index (χ0n) is 15.1. The van der Waals surface area contributed by atoms with Crippen LogP contribution in [0.25, 0.3) is 10.9 Å². The number of anilines is 1. The summed E-state index contributed by atoms with van der Waals surface area (Å²) in [5, 5.41) is 10.0. The molecule has 8 heteroatoms. The lowest BCUT2D eigenvalue weighted by Gasteiger charge is -2.27. The van der Waals surface area contributed by atoms with Gasteiger partial charge in [0, 0.05) is 19.7 Å². The Bertz CT molecular complexity index is 1100. The number of rotatable bonds is 4. The molecule has 140 valence electrons. The Balaban J connectivity index is 1.86. The molecule has 27 heavy (non-hydrogen) atoms. The third-order valence-corrected chi connectivity index (χ3v) is 5.02. The van der Waals surface area contributed by atoms with Crippen LogP contribution in [0.1, 0.15) is 24.7 Å². The van der Waals surface area contributed by atoms with E-state index in [1.807, 2.05) is 17.0 Å². The number of aromatic nitrogens is 4. The molecule has 3 heterocycles. The number of para-hydroxylation sites is 1. The van der Waals surface area contributed by atoms with E-state index < -0.39 is 0 Å². The first-order chi connectivity index (χ1) is 13.1. The number of fused-ring (bicyclic) bond motifs is 1. The molecule has 1 N–H and O–H groups in total. The van der Waals surface area contributed by atoms with E-state index in [0.29, 0.717) is 22.5 Å². The average Bonchev–Trinajstić information content (AvgIpc) is 3.16. The second kappa shape index (κ2) is 6.96. The van der Waals surface area contributed by atoms with Crippen molar-refractivity contribution in [2.75, 3.05) is 18.1 Å². The molecule has 3 aromatic rings. The van der Waals surface area contributed by atoms with Crippen LogP contribution in [-0.4, -0.2) is 37.4 Å². The molecule has 0 spiro atoms. The maximum absolute atomic E-state index is 13.0. The summed E-state index contributed by atoms with van der Waals surface area (Å²) in [5.74, 6) is 1.19. The Morgan fingerprint density at radius 1 is 1.26 bits per heavy atom. The van der Waals surface area contributed by atoms with E-state index in [9.17, 15) is 14.7 Å². The molecule has 4 rings (SSSR count). The second-order valence-electron chi connectivity index (χ2n) is 6.72. The molecule has 1 aliphatic rings. The van der Waals surface area contributed by atoms with Gasteiger partial charge in [0.1, 0.15) is 11.6 Å². The van der Waals surface area contributed by atoms with E-state index in [1.165, 1.54) is 17.0 Å². The molecule has 2 aromatic heterocycles. The summed E-state index contributed by atoms with van der Waals surface area (Å²) in [4.78, 5) is 36.1. The summed E-state index contributed by atoms with van der Waals surface area (Å²) >= 11 is 0. The molecule has 1 atom stereocenters. The van der Waals surface area contributed by atoms with Crippen LogP contribution in [0.5, 0.6) is 0 Å². The molecular formula is C19H21N5O3. The molecular weight excluding hydrogens is 346 g/mol. The van der Waals surface area contributed by atoms with Crippen molar-refractivity contribution in [2.45, 2.75) is 25.4 Å². The first-order valence-electron chi connectivity index (χ1n) is 9.00. The smallest absolute Gasteiger partial charge is 0.261 e. The summed E-state index contributed by atoms with van der Waals surface area (Å²) in [6.07, 6.45) is 3.21. The van der Waals surface area contributed by atoms with Gasteiger partial charge in [0.15, 0.2) is 0 Å². The third-order valence-electron chi connectivity index (χ3n) is 5.02. The van der Waals surface area contributed by atoms with Gasteiger partial charge < -0.3 is 14.6 Å². The number of aliphatic hydroxyl groups excluding tert-OH is 1. The second-order valence-corrected chi connectivity index (χ2v) is 6.72. The van der Waals surface area contributed by atoms with Crippen LogP contribution >= 0.6 is 0 Å². The molecule has 0 saturated carbocycles. The summed E-state index contributed by atoms with van der Waals surface area (Å²) < 4.78 is 2.97. The lowest BCUT2D eigenvalue weighted by Crippen LogP contribution is -2.34. The van der Waals surface area contributed by atoms with Crippen molar-refractivity contribution in [1.82, 2.24) is 19.1 Å². The van der Waals surface area contributed by atoms with E-state index in [2.05, 4.69) is 4.98 Å². The van der Waals surface area contributed by atoms with Crippen LogP contribution in [0.15, 0.2) is 46.2 Å². The highest BCUT2D eigenvalue weighted by Crippen LogP contribution is 2.33. The summed E-state index contributed by atoms with van der Waals surface area (Å²) in [7, 11) is 1.66. The number of nitrogens with zero attached hydrogens (tertiary/aromatic N) is 5. The summed E-state index contributed by atoms with van der Waals surface area (Å²) in [6, 6.07) is 8.56. The zero-order valence-corrected chi connectivity index (χ0v) is 15.1. The Labute approximate surface area is 155 Å². The quantitative estimate of drug-likeness (QED) is 0.734. The molecule has 8 nitrogen and oxygen atoms in total. The van der Waals surface area contributed by atoms with E-state index >= 15 is 0 Å². The Hall–Kier alpha value is -3.00. The lowest BCUT2D eigenvalue weighted by atomic mass is 10.1. The van der Waals surface area contributed by atoms with E-state index in [1.54, 1.807) is 23.7 Å². The van der Waals surface area contributed by atoms with Gasteiger partial charge in [0.25, 0.3) is 11.1 Å². The molecule has 0 amide bonds. The molecule has 1 saturated heterocycles. The van der Waals surface area contributed by atoms with Gasteiger partial charge in [-0.05, 0) is 25.0 Å². The van der Waals surface area contributed by atoms with Crippen molar-refractivity contribution in [3.05, 3.63) is 63.2 Å². The van der Waals surface area contributed by atoms with Crippen LogP contribution in [-0.2, 0) is 13.6 Å². The number of hydrogen-bond donors (Lipinski definition) is 1. The molecule has 0 bridgehead atoms. The Morgan fingerprint density at radius 3 is 2.85 bits per heavy atom.